The number of sulfone groups is 1. The second-order valence-corrected chi connectivity index (χ2v) is 12.0. The Morgan fingerprint density at radius 1 is 0.821 bits per heavy atom. The Morgan fingerprint density at radius 2 is 1.43 bits per heavy atom. The van der Waals surface area contributed by atoms with Crippen molar-refractivity contribution in [2.75, 3.05) is 0 Å². The molecular formula is C25H34O2S. The molecule has 0 bridgehead atoms. The third kappa shape index (κ3) is 5.26. The lowest BCUT2D eigenvalue weighted by molar-refractivity contribution is 0.441. The van der Waals surface area contributed by atoms with E-state index >= 15 is 0 Å². The number of benzene rings is 2. The monoisotopic (exact) mass is 398 g/mol. The fraction of sp³-hybridized carbons (Fsp3) is 0.520. The SMILES string of the molecule is CC(C)(C)S(=O)(=O)Cc1ccc(CCc2ccccc2C2CCCCC2)cc1. The maximum atomic E-state index is 12.4. The Morgan fingerprint density at radius 3 is 2.07 bits per heavy atom. The van der Waals surface area contributed by atoms with E-state index in [1.54, 1.807) is 26.3 Å². The van der Waals surface area contributed by atoms with Gasteiger partial charge in [-0.3, -0.25) is 0 Å². The van der Waals surface area contributed by atoms with Gasteiger partial charge in [0, 0.05) is 0 Å². The van der Waals surface area contributed by atoms with Gasteiger partial charge in [-0.05, 0) is 74.6 Å². The normalized spacial score (nSPS) is 16.2. The first-order valence-corrected chi connectivity index (χ1v) is 12.3. The van der Waals surface area contributed by atoms with Gasteiger partial charge in [-0.25, -0.2) is 8.42 Å². The van der Waals surface area contributed by atoms with E-state index in [-0.39, 0.29) is 5.75 Å². The van der Waals surface area contributed by atoms with Crippen LogP contribution in [0.3, 0.4) is 0 Å². The number of hydrogen-bond donors (Lipinski definition) is 0. The Balaban J connectivity index is 1.64. The van der Waals surface area contributed by atoms with Crippen LogP contribution in [0.2, 0.25) is 0 Å². The van der Waals surface area contributed by atoms with E-state index in [2.05, 4.69) is 36.4 Å². The molecule has 2 aromatic rings. The van der Waals surface area contributed by atoms with Crippen molar-refractivity contribution >= 4 is 9.84 Å². The predicted octanol–water partition coefficient (Wildman–Crippen LogP) is 6.23. The summed E-state index contributed by atoms with van der Waals surface area (Å²) in [5, 5.41) is 0. The number of rotatable bonds is 6. The van der Waals surface area contributed by atoms with Crippen LogP contribution in [0.4, 0.5) is 0 Å². The molecule has 3 heteroatoms. The van der Waals surface area contributed by atoms with E-state index in [4.69, 9.17) is 0 Å². The second-order valence-electron chi connectivity index (χ2n) is 9.22. The van der Waals surface area contributed by atoms with Crippen LogP contribution in [0.5, 0.6) is 0 Å². The van der Waals surface area contributed by atoms with Gasteiger partial charge in [-0.1, -0.05) is 67.8 Å². The summed E-state index contributed by atoms with van der Waals surface area (Å²) < 4.78 is 24.1. The molecule has 1 aliphatic rings. The van der Waals surface area contributed by atoms with E-state index in [0.717, 1.165) is 24.3 Å². The summed E-state index contributed by atoms with van der Waals surface area (Å²) in [7, 11) is -3.14. The fourth-order valence-corrected chi connectivity index (χ4v) is 5.16. The highest BCUT2D eigenvalue weighted by Crippen LogP contribution is 2.34. The Hall–Kier alpha value is -1.61. The van der Waals surface area contributed by atoms with Gasteiger partial charge in [0.15, 0.2) is 9.84 Å². The summed E-state index contributed by atoms with van der Waals surface area (Å²) >= 11 is 0. The maximum Gasteiger partial charge on any atom is 0.159 e. The van der Waals surface area contributed by atoms with Gasteiger partial charge in [0.25, 0.3) is 0 Å². The Bertz CT molecular complexity index is 868. The van der Waals surface area contributed by atoms with Crippen molar-refractivity contribution in [2.24, 2.45) is 0 Å². The molecule has 3 rings (SSSR count). The summed E-state index contributed by atoms with van der Waals surface area (Å²) in [5.74, 6) is 0.844. The van der Waals surface area contributed by atoms with Gasteiger partial charge < -0.3 is 0 Å². The molecule has 0 spiro atoms. The quantitative estimate of drug-likeness (QED) is 0.578. The van der Waals surface area contributed by atoms with E-state index in [1.165, 1.54) is 43.2 Å². The van der Waals surface area contributed by atoms with Crippen LogP contribution in [-0.2, 0) is 28.4 Å². The molecule has 0 N–H and O–H groups in total. The van der Waals surface area contributed by atoms with Crippen LogP contribution in [0.25, 0.3) is 0 Å². The van der Waals surface area contributed by atoms with Gasteiger partial charge in [0.1, 0.15) is 0 Å². The molecular weight excluding hydrogens is 364 g/mol. The maximum absolute atomic E-state index is 12.4. The first-order valence-electron chi connectivity index (χ1n) is 10.6. The lowest BCUT2D eigenvalue weighted by Gasteiger charge is -2.24. The van der Waals surface area contributed by atoms with Crippen LogP contribution >= 0.6 is 0 Å². The first kappa shape index (κ1) is 21.1. The molecule has 0 amide bonds. The van der Waals surface area contributed by atoms with Crippen molar-refractivity contribution in [2.45, 2.75) is 82.1 Å². The standard InChI is InChI=1S/C25H34O2S/c1-25(2,3)28(26,27)19-21-15-13-20(14-16-21)17-18-23-11-7-8-12-24(23)22-9-5-4-6-10-22/h7-8,11-16,22H,4-6,9-10,17-19H2,1-3H3. The zero-order valence-corrected chi connectivity index (χ0v) is 18.4. The highest BCUT2D eigenvalue weighted by Gasteiger charge is 2.28. The molecule has 0 unspecified atom stereocenters. The van der Waals surface area contributed by atoms with Crippen LogP contribution in [-0.4, -0.2) is 13.2 Å². The highest BCUT2D eigenvalue weighted by molar-refractivity contribution is 7.91. The van der Waals surface area contributed by atoms with Crippen molar-refractivity contribution in [1.29, 1.82) is 0 Å². The summed E-state index contributed by atoms with van der Waals surface area (Å²) in [5.41, 5.74) is 5.18. The summed E-state index contributed by atoms with van der Waals surface area (Å²) in [6, 6.07) is 17.1. The first-order chi connectivity index (χ1) is 13.3. The van der Waals surface area contributed by atoms with Crippen LogP contribution in [0, 0.1) is 0 Å². The van der Waals surface area contributed by atoms with E-state index < -0.39 is 14.6 Å². The van der Waals surface area contributed by atoms with Crippen LogP contribution in [0.15, 0.2) is 48.5 Å². The average Bonchev–Trinajstić information content (AvgIpc) is 2.67. The molecule has 1 aliphatic carbocycles. The van der Waals surface area contributed by atoms with Gasteiger partial charge in [0.2, 0.25) is 0 Å². The van der Waals surface area contributed by atoms with Gasteiger partial charge in [0.05, 0.1) is 10.5 Å². The van der Waals surface area contributed by atoms with Gasteiger partial charge in [-0.2, -0.15) is 0 Å². The Kier molecular flexibility index (Phi) is 6.65. The highest BCUT2D eigenvalue weighted by atomic mass is 32.2. The van der Waals surface area contributed by atoms with Crippen molar-refractivity contribution in [3.8, 4) is 0 Å². The van der Waals surface area contributed by atoms with Gasteiger partial charge >= 0.3 is 0 Å². The van der Waals surface area contributed by atoms with E-state index in [0.29, 0.717) is 0 Å². The van der Waals surface area contributed by atoms with Crippen molar-refractivity contribution in [1.82, 2.24) is 0 Å². The third-order valence-electron chi connectivity index (χ3n) is 6.10. The topological polar surface area (TPSA) is 34.1 Å². The molecule has 0 heterocycles. The molecule has 0 atom stereocenters. The molecule has 0 aromatic heterocycles. The molecule has 152 valence electrons. The fourth-order valence-electron chi connectivity index (χ4n) is 4.09. The molecule has 0 radical (unpaired) electrons. The smallest absolute Gasteiger partial charge is 0.159 e. The van der Waals surface area contributed by atoms with Crippen molar-refractivity contribution < 1.29 is 8.42 Å². The molecule has 28 heavy (non-hydrogen) atoms. The minimum atomic E-state index is -3.14. The van der Waals surface area contributed by atoms with Crippen LogP contribution in [0.1, 0.15) is 81.0 Å². The molecule has 1 saturated carbocycles. The van der Waals surface area contributed by atoms with E-state index in [1.807, 2.05) is 12.1 Å². The zero-order chi connectivity index (χ0) is 20.2. The Labute approximate surface area is 171 Å². The average molecular weight is 399 g/mol. The molecule has 2 nitrogen and oxygen atoms in total. The molecule has 1 fully saturated rings. The molecule has 2 aromatic carbocycles. The molecule has 0 aliphatic heterocycles. The second kappa shape index (κ2) is 8.82. The zero-order valence-electron chi connectivity index (χ0n) is 17.6. The minimum absolute atomic E-state index is 0.112. The lowest BCUT2D eigenvalue weighted by atomic mass is 9.81. The largest absolute Gasteiger partial charge is 0.228 e. The summed E-state index contributed by atoms with van der Waals surface area (Å²) in [6.07, 6.45) is 8.80. The predicted molar refractivity (Wildman–Crippen MR) is 118 cm³/mol. The third-order valence-corrected chi connectivity index (χ3v) is 8.68. The van der Waals surface area contributed by atoms with Gasteiger partial charge in [-0.15, -0.1) is 0 Å². The van der Waals surface area contributed by atoms with Crippen molar-refractivity contribution in [3.63, 3.8) is 0 Å². The van der Waals surface area contributed by atoms with Crippen LogP contribution < -0.4 is 0 Å². The van der Waals surface area contributed by atoms with E-state index in [9.17, 15) is 8.42 Å². The number of aryl methyl sites for hydroxylation is 2. The minimum Gasteiger partial charge on any atom is -0.228 e. The summed E-state index contributed by atoms with van der Waals surface area (Å²) in [6.45, 7) is 5.29. The lowest BCUT2D eigenvalue weighted by Crippen LogP contribution is -2.29. The number of hydrogen-bond acceptors (Lipinski definition) is 2. The molecule has 0 saturated heterocycles. The summed E-state index contributed by atoms with van der Waals surface area (Å²) in [4.78, 5) is 0. The van der Waals surface area contributed by atoms with Crippen molar-refractivity contribution in [3.05, 3.63) is 70.8 Å².